The summed E-state index contributed by atoms with van der Waals surface area (Å²) in [6.07, 6.45) is -0.386. The molecule has 1 aromatic heterocycles. The summed E-state index contributed by atoms with van der Waals surface area (Å²) in [4.78, 5) is 14.8. The summed E-state index contributed by atoms with van der Waals surface area (Å²) >= 11 is 1.48. The number of amides is 1. The Hall–Kier alpha value is -0.950. The molecule has 3 N–H and O–H groups in total. The summed E-state index contributed by atoms with van der Waals surface area (Å²) in [5.41, 5.74) is 5.96. The molecule has 100 valence electrons. The van der Waals surface area contributed by atoms with Gasteiger partial charge in [0, 0.05) is 18.0 Å². The van der Waals surface area contributed by atoms with Gasteiger partial charge in [0.1, 0.15) is 6.04 Å². The number of carbonyl (C=O) groups excluding carboxylic acids is 1. The summed E-state index contributed by atoms with van der Waals surface area (Å²) < 4.78 is 5.50. The highest BCUT2D eigenvalue weighted by Gasteiger charge is 2.31. The Balaban J connectivity index is 2.04. The van der Waals surface area contributed by atoms with E-state index in [-0.39, 0.29) is 24.7 Å². The molecule has 5 nitrogen and oxygen atoms in total. The number of morpholine rings is 1. The summed E-state index contributed by atoms with van der Waals surface area (Å²) in [5.74, 6) is -0.106. The number of carbonyl (C=O) groups is 1. The van der Waals surface area contributed by atoms with Gasteiger partial charge in [0.25, 0.3) is 0 Å². The molecule has 0 saturated carbocycles. The molecule has 2 rings (SSSR count). The van der Waals surface area contributed by atoms with Crippen LogP contribution in [0.1, 0.15) is 17.8 Å². The minimum atomic E-state index is -0.616. The minimum Gasteiger partial charge on any atom is -0.394 e. The van der Waals surface area contributed by atoms with Gasteiger partial charge in [0.2, 0.25) is 5.91 Å². The van der Waals surface area contributed by atoms with Crippen LogP contribution in [0.25, 0.3) is 0 Å². The van der Waals surface area contributed by atoms with E-state index < -0.39 is 6.04 Å². The van der Waals surface area contributed by atoms with Crippen molar-refractivity contribution in [2.24, 2.45) is 5.73 Å². The van der Waals surface area contributed by atoms with E-state index in [1.54, 1.807) is 4.90 Å². The first kappa shape index (κ1) is 13.5. The number of nitrogens with zero attached hydrogens (tertiary/aromatic N) is 1. The summed E-state index contributed by atoms with van der Waals surface area (Å²) in [6.45, 7) is 2.73. The highest BCUT2D eigenvalue weighted by atomic mass is 32.1. The van der Waals surface area contributed by atoms with Gasteiger partial charge in [-0.05, 0) is 18.4 Å². The number of hydrogen-bond acceptors (Lipinski definition) is 5. The van der Waals surface area contributed by atoms with Gasteiger partial charge in [0.05, 0.1) is 18.8 Å². The Morgan fingerprint density at radius 2 is 2.50 bits per heavy atom. The Kier molecular flexibility index (Phi) is 4.34. The highest BCUT2D eigenvalue weighted by Crippen LogP contribution is 2.21. The largest absolute Gasteiger partial charge is 0.394 e. The van der Waals surface area contributed by atoms with Crippen molar-refractivity contribution in [3.05, 3.63) is 22.4 Å². The Labute approximate surface area is 110 Å². The lowest BCUT2D eigenvalue weighted by molar-refractivity contribution is -0.148. The van der Waals surface area contributed by atoms with Crippen LogP contribution >= 0.6 is 11.3 Å². The van der Waals surface area contributed by atoms with E-state index in [2.05, 4.69) is 0 Å². The molecule has 1 amide bonds. The smallest absolute Gasteiger partial charge is 0.245 e. The zero-order chi connectivity index (χ0) is 13.1. The number of aliphatic hydroxyl groups is 1. The zero-order valence-electron chi connectivity index (χ0n) is 10.3. The number of ether oxygens (including phenoxy) is 1. The van der Waals surface area contributed by atoms with Crippen LogP contribution < -0.4 is 5.73 Å². The van der Waals surface area contributed by atoms with Crippen LogP contribution in [0.3, 0.4) is 0 Å². The monoisotopic (exact) mass is 270 g/mol. The molecule has 3 unspecified atom stereocenters. The van der Waals surface area contributed by atoms with Crippen LogP contribution in [-0.2, 0) is 9.53 Å². The van der Waals surface area contributed by atoms with Crippen LogP contribution in [-0.4, -0.2) is 47.8 Å². The standard InChI is InChI=1S/C12H18N2O3S/c1-8-5-14(6-9(7-15)17-8)12(16)11(13)10-3-2-4-18-10/h2-4,8-9,11,15H,5-7,13H2,1H3. The van der Waals surface area contributed by atoms with Gasteiger partial charge in [-0.2, -0.15) is 0 Å². The van der Waals surface area contributed by atoms with E-state index in [1.165, 1.54) is 11.3 Å². The molecule has 1 aliphatic heterocycles. The zero-order valence-corrected chi connectivity index (χ0v) is 11.1. The van der Waals surface area contributed by atoms with E-state index >= 15 is 0 Å². The maximum Gasteiger partial charge on any atom is 0.245 e. The van der Waals surface area contributed by atoms with Gasteiger partial charge < -0.3 is 20.5 Å². The number of aliphatic hydroxyl groups excluding tert-OH is 1. The molecule has 0 radical (unpaired) electrons. The maximum atomic E-state index is 12.3. The first-order valence-corrected chi connectivity index (χ1v) is 6.84. The summed E-state index contributed by atoms with van der Waals surface area (Å²) in [7, 11) is 0. The molecule has 18 heavy (non-hydrogen) atoms. The van der Waals surface area contributed by atoms with E-state index in [9.17, 15) is 4.79 Å². The Bertz CT molecular complexity index is 396. The summed E-state index contributed by atoms with van der Waals surface area (Å²) in [6, 6.07) is 3.13. The van der Waals surface area contributed by atoms with E-state index in [0.29, 0.717) is 13.1 Å². The third-order valence-electron chi connectivity index (χ3n) is 2.96. The summed E-state index contributed by atoms with van der Waals surface area (Å²) in [5, 5.41) is 11.0. The topological polar surface area (TPSA) is 75.8 Å². The number of nitrogens with two attached hydrogens (primary N) is 1. The molecule has 0 spiro atoms. The average molecular weight is 270 g/mol. The first-order valence-electron chi connectivity index (χ1n) is 5.96. The van der Waals surface area contributed by atoms with Crippen molar-refractivity contribution >= 4 is 17.2 Å². The van der Waals surface area contributed by atoms with Crippen molar-refractivity contribution in [1.82, 2.24) is 4.90 Å². The Morgan fingerprint density at radius 3 is 3.11 bits per heavy atom. The molecule has 1 aliphatic rings. The van der Waals surface area contributed by atoms with E-state index in [0.717, 1.165) is 4.88 Å². The van der Waals surface area contributed by atoms with E-state index in [4.69, 9.17) is 15.6 Å². The molecule has 0 aromatic carbocycles. The van der Waals surface area contributed by atoms with Gasteiger partial charge >= 0.3 is 0 Å². The van der Waals surface area contributed by atoms with Gasteiger partial charge in [-0.15, -0.1) is 11.3 Å². The molecule has 1 saturated heterocycles. The van der Waals surface area contributed by atoms with Crippen molar-refractivity contribution in [3.8, 4) is 0 Å². The van der Waals surface area contributed by atoms with Crippen molar-refractivity contribution in [2.75, 3.05) is 19.7 Å². The van der Waals surface area contributed by atoms with Crippen LogP contribution in [0.4, 0.5) is 0 Å². The third kappa shape index (κ3) is 2.89. The second kappa shape index (κ2) is 5.79. The van der Waals surface area contributed by atoms with Crippen molar-refractivity contribution < 1.29 is 14.6 Å². The first-order chi connectivity index (χ1) is 8.61. The molecule has 0 bridgehead atoms. The fourth-order valence-corrected chi connectivity index (χ4v) is 2.83. The molecule has 1 fully saturated rings. The lowest BCUT2D eigenvalue weighted by Gasteiger charge is -2.37. The molecule has 1 aromatic rings. The van der Waals surface area contributed by atoms with Crippen molar-refractivity contribution in [2.45, 2.75) is 25.2 Å². The van der Waals surface area contributed by atoms with Gasteiger partial charge in [-0.3, -0.25) is 4.79 Å². The van der Waals surface area contributed by atoms with Gasteiger partial charge in [0.15, 0.2) is 0 Å². The number of thiophene rings is 1. The molecular formula is C12H18N2O3S. The lowest BCUT2D eigenvalue weighted by Crippen LogP contribution is -2.52. The molecule has 0 aliphatic carbocycles. The average Bonchev–Trinajstić information content (AvgIpc) is 2.90. The second-order valence-corrected chi connectivity index (χ2v) is 5.47. The SMILES string of the molecule is CC1CN(C(=O)C(N)c2cccs2)CC(CO)O1. The minimum absolute atomic E-state index is 0.0737. The van der Waals surface area contributed by atoms with Crippen molar-refractivity contribution in [3.63, 3.8) is 0 Å². The normalized spacial score (nSPS) is 26.1. The molecule has 3 atom stereocenters. The van der Waals surface area contributed by atoms with Crippen LogP contribution in [0.5, 0.6) is 0 Å². The number of hydrogen-bond donors (Lipinski definition) is 2. The van der Waals surface area contributed by atoms with Crippen LogP contribution in [0.15, 0.2) is 17.5 Å². The molecule has 6 heteroatoms. The fourth-order valence-electron chi connectivity index (χ4n) is 2.11. The van der Waals surface area contributed by atoms with E-state index in [1.807, 2.05) is 24.4 Å². The third-order valence-corrected chi connectivity index (χ3v) is 3.91. The highest BCUT2D eigenvalue weighted by molar-refractivity contribution is 7.10. The van der Waals surface area contributed by atoms with Gasteiger partial charge in [-0.25, -0.2) is 0 Å². The fraction of sp³-hybridized carbons (Fsp3) is 0.583. The maximum absolute atomic E-state index is 12.3. The lowest BCUT2D eigenvalue weighted by atomic mass is 10.1. The molecule has 2 heterocycles. The quantitative estimate of drug-likeness (QED) is 0.831. The van der Waals surface area contributed by atoms with Gasteiger partial charge in [-0.1, -0.05) is 6.07 Å². The predicted octanol–water partition coefficient (Wildman–Crippen LogP) is 0.356. The Morgan fingerprint density at radius 1 is 1.72 bits per heavy atom. The predicted molar refractivity (Wildman–Crippen MR) is 69.2 cm³/mol. The molecular weight excluding hydrogens is 252 g/mol. The van der Waals surface area contributed by atoms with Crippen LogP contribution in [0, 0.1) is 0 Å². The number of rotatable bonds is 3. The second-order valence-electron chi connectivity index (χ2n) is 4.49. The van der Waals surface area contributed by atoms with Crippen molar-refractivity contribution in [1.29, 1.82) is 0 Å². The van der Waals surface area contributed by atoms with Crippen LogP contribution in [0.2, 0.25) is 0 Å².